The molecule has 0 aliphatic carbocycles. The summed E-state index contributed by atoms with van der Waals surface area (Å²) in [5.41, 5.74) is 1.73. The van der Waals surface area contributed by atoms with Gasteiger partial charge >= 0.3 is 0 Å². The largest absolute Gasteiger partial charge is 0.360 e. The summed E-state index contributed by atoms with van der Waals surface area (Å²) in [6, 6.07) is 16.6. The van der Waals surface area contributed by atoms with E-state index in [4.69, 9.17) is 0 Å². The Balaban J connectivity index is 1.52. The van der Waals surface area contributed by atoms with Crippen molar-refractivity contribution in [2.45, 2.75) is 4.90 Å². The Hall–Kier alpha value is -2.38. The highest BCUT2D eigenvalue weighted by Gasteiger charge is 2.22. The molecule has 0 radical (unpaired) electrons. The van der Waals surface area contributed by atoms with Gasteiger partial charge in [0.15, 0.2) is 16.4 Å². The Labute approximate surface area is 154 Å². The third kappa shape index (κ3) is 4.83. The number of hydrogen-bond donors (Lipinski definition) is 2. The van der Waals surface area contributed by atoms with E-state index in [0.717, 1.165) is 32.4 Å². The number of piperazine rings is 1. The summed E-state index contributed by atoms with van der Waals surface area (Å²) in [7, 11) is -3.28. The van der Waals surface area contributed by atoms with E-state index in [1.807, 2.05) is 18.2 Å². The summed E-state index contributed by atoms with van der Waals surface area (Å²) in [6.45, 7) is 4.00. The van der Waals surface area contributed by atoms with Crippen molar-refractivity contribution in [3.05, 3.63) is 54.6 Å². The number of rotatable bonds is 5. The second kappa shape index (κ2) is 7.88. The molecule has 0 atom stereocenters. The van der Waals surface area contributed by atoms with Gasteiger partial charge in [-0.1, -0.05) is 24.3 Å². The average Bonchev–Trinajstić information content (AvgIpc) is 2.62. The molecule has 0 aromatic heterocycles. The van der Waals surface area contributed by atoms with Crippen LogP contribution in [0.3, 0.4) is 0 Å². The second-order valence-corrected chi connectivity index (χ2v) is 8.61. The van der Waals surface area contributed by atoms with E-state index in [1.54, 1.807) is 12.1 Å². The molecule has 1 aliphatic heterocycles. The molecule has 138 valence electrons. The van der Waals surface area contributed by atoms with E-state index in [9.17, 15) is 13.2 Å². The zero-order valence-electron chi connectivity index (χ0n) is 14.8. The molecule has 1 saturated heterocycles. The molecule has 2 aromatic carbocycles. The minimum atomic E-state index is -3.28. The van der Waals surface area contributed by atoms with Crippen molar-refractivity contribution in [3.8, 4) is 0 Å². The minimum Gasteiger partial charge on any atom is -0.360 e. The normalized spacial score (nSPS) is 15.7. The molecular formula is C19H24N3O3S+. The number of anilines is 2. The Bertz CT molecular complexity index is 861. The molecule has 0 saturated carbocycles. The van der Waals surface area contributed by atoms with Gasteiger partial charge in [0.2, 0.25) is 0 Å². The summed E-state index contributed by atoms with van der Waals surface area (Å²) < 4.78 is 23.2. The predicted octanol–water partition coefficient (Wildman–Crippen LogP) is 0.434. The molecular weight excluding hydrogens is 350 g/mol. The minimum absolute atomic E-state index is 0.0983. The van der Waals surface area contributed by atoms with Gasteiger partial charge in [0.25, 0.3) is 5.91 Å². The number of amides is 1. The van der Waals surface area contributed by atoms with Crippen LogP contribution in [-0.2, 0) is 14.6 Å². The standard InChI is InChI=1S/C19H23N3O3S/c1-26(24,25)18-9-5-6-16(14-18)20-19(23)15-21-10-12-22(13-11-21)17-7-3-2-4-8-17/h2-9,14H,10-13,15H2,1H3,(H,20,23)/p+1. The summed E-state index contributed by atoms with van der Waals surface area (Å²) >= 11 is 0. The summed E-state index contributed by atoms with van der Waals surface area (Å²) in [4.78, 5) is 16.1. The number of hydrogen-bond acceptors (Lipinski definition) is 4. The maximum Gasteiger partial charge on any atom is 0.279 e. The molecule has 0 spiro atoms. The Morgan fingerprint density at radius 1 is 1.08 bits per heavy atom. The Morgan fingerprint density at radius 2 is 1.77 bits per heavy atom. The van der Waals surface area contributed by atoms with Crippen molar-refractivity contribution in [2.75, 3.05) is 49.2 Å². The van der Waals surface area contributed by atoms with Crippen molar-refractivity contribution in [1.82, 2.24) is 0 Å². The van der Waals surface area contributed by atoms with Crippen LogP contribution in [0, 0.1) is 0 Å². The van der Waals surface area contributed by atoms with E-state index >= 15 is 0 Å². The maximum atomic E-state index is 12.3. The van der Waals surface area contributed by atoms with Gasteiger partial charge < -0.3 is 15.1 Å². The molecule has 0 unspecified atom stereocenters. The maximum absolute atomic E-state index is 12.3. The van der Waals surface area contributed by atoms with Crippen molar-refractivity contribution in [1.29, 1.82) is 0 Å². The van der Waals surface area contributed by atoms with Gasteiger partial charge in [-0.05, 0) is 30.3 Å². The van der Waals surface area contributed by atoms with E-state index in [-0.39, 0.29) is 10.8 Å². The van der Waals surface area contributed by atoms with Crippen LogP contribution in [0.25, 0.3) is 0 Å². The molecule has 1 fully saturated rings. The molecule has 1 aliphatic rings. The van der Waals surface area contributed by atoms with Crippen LogP contribution >= 0.6 is 0 Å². The fourth-order valence-corrected chi connectivity index (χ4v) is 3.80. The van der Waals surface area contributed by atoms with Crippen LogP contribution in [0.1, 0.15) is 0 Å². The quantitative estimate of drug-likeness (QED) is 0.797. The van der Waals surface area contributed by atoms with Crippen LogP contribution in [0.4, 0.5) is 11.4 Å². The van der Waals surface area contributed by atoms with Gasteiger partial charge in [0.05, 0.1) is 31.1 Å². The highest BCUT2D eigenvalue weighted by atomic mass is 32.2. The predicted molar refractivity (Wildman–Crippen MR) is 102 cm³/mol. The lowest BCUT2D eigenvalue weighted by Gasteiger charge is -2.33. The third-order valence-corrected chi connectivity index (χ3v) is 5.66. The summed E-state index contributed by atoms with van der Waals surface area (Å²) in [5, 5.41) is 2.81. The SMILES string of the molecule is CS(=O)(=O)c1cccc(NC(=O)C[NH+]2CCN(c3ccccc3)CC2)c1. The fourth-order valence-electron chi connectivity index (χ4n) is 3.13. The number of quaternary nitrogens is 1. The van der Waals surface area contributed by atoms with Gasteiger partial charge in [-0.2, -0.15) is 0 Å². The zero-order chi connectivity index (χ0) is 18.6. The van der Waals surface area contributed by atoms with E-state index < -0.39 is 9.84 Å². The molecule has 1 amide bonds. The topological polar surface area (TPSA) is 70.9 Å². The molecule has 2 aromatic rings. The van der Waals surface area contributed by atoms with Crippen LogP contribution in [0.5, 0.6) is 0 Å². The van der Waals surface area contributed by atoms with Gasteiger partial charge in [0, 0.05) is 17.6 Å². The highest BCUT2D eigenvalue weighted by molar-refractivity contribution is 7.90. The van der Waals surface area contributed by atoms with Crippen molar-refractivity contribution in [2.24, 2.45) is 0 Å². The van der Waals surface area contributed by atoms with Crippen LogP contribution in [0.15, 0.2) is 59.5 Å². The van der Waals surface area contributed by atoms with Crippen LogP contribution < -0.4 is 15.1 Å². The molecule has 26 heavy (non-hydrogen) atoms. The highest BCUT2D eigenvalue weighted by Crippen LogP contribution is 2.15. The molecule has 6 nitrogen and oxygen atoms in total. The van der Waals surface area contributed by atoms with Gasteiger partial charge in [-0.25, -0.2) is 8.42 Å². The summed E-state index contributed by atoms with van der Waals surface area (Å²) in [6.07, 6.45) is 1.16. The van der Waals surface area contributed by atoms with E-state index in [2.05, 4.69) is 22.3 Å². The first kappa shape index (κ1) is 18.4. The van der Waals surface area contributed by atoms with Crippen LogP contribution in [0.2, 0.25) is 0 Å². The number of para-hydroxylation sites is 1. The number of nitrogens with zero attached hydrogens (tertiary/aromatic N) is 1. The fraction of sp³-hybridized carbons (Fsp3) is 0.316. The third-order valence-electron chi connectivity index (χ3n) is 4.55. The first-order chi connectivity index (χ1) is 12.4. The van der Waals surface area contributed by atoms with Gasteiger partial charge in [-0.15, -0.1) is 0 Å². The van der Waals surface area contributed by atoms with Crippen LogP contribution in [-0.4, -0.2) is 53.3 Å². The molecule has 2 N–H and O–H groups in total. The smallest absolute Gasteiger partial charge is 0.279 e. The first-order valence-corrected chi connectivity index (χ1v) is 10.5. The lowest BCUT2D eigenvalue weighted by molar-refractivity contribution is -0.892. The van der Waals surface area contributed by atoms with Gasteiger partial charge in [-0.3, -0.25) is 4.79 Å². The van der Waals surface area contributed by atoms with Crippen molar-refractivity contribution < 1.29 is 18.1 Å². The van der Waals surface area contributed by atoms with Gasteiger partial charge in [0.1, 0.15) is 0 Å². The van der Waals surface area contributed by atoms with Crippen molar-refractivity contribution >= 4 is 27.1 Å². The van der Waals surface area contributed by atoms with E-state index in [0.29, 0.717) is 12.2 Å². The zero-order valence-corrected chi connectivity index (χ0v) is 15.6. The molecule has 1 heterocycles. The van der Waals surface area contributed by atoms with Crippen molar-refractivity contribution in [3.63, 3.8) is 0 Å². The first-order valence-electron chi connectivity index (χ1n) is 8.65. The van der Waals surface area contributed by atoms with E-state index in [1.165, 1.54) is 22.7 Å². The Kier molecular flexibility index (Phi) is 5.58. The summed E-state index contributed by atoms with van der Waals surface area (Å²) in [5.74, 6) is -0.0983. The monoisotopic (exact) mass is 374 g/mol. The molecule has 7 heteroatoms. The lowest BCUT2D eigenvalue weighted by atomic mass is 10.2. The number of benzene rings is 2. The average molecular weight is 374 g/mol. The second-order valence-electron chi connectivity index (χ2n) is 6.60. The number of nitrogens with one attached hydrogen (secondary N) is 2. The number of carbonyl (C=O) groups excluding carboxylic acids is 1. The molecule has 0 bridgehead atoms. The molecule has 3 rings (SSSR count). The Morgan fingerprint density at radius 3 is 2.42 bits per heavy atom. The number of carbonyl (C=O) groups is 1. The lowest BCUT2D eigenvalue weighted by Crippen LogP contribution is -3.15. The number of sulfone groups is 1.